The van der Waals surface area contributed by atoms with E-state index in [2.05, 4.69) is 34.7 Å². The Morgan fingerprint density at radius 2 is 2.04 bits per heavy atom. The third-order valence-corrected chi connectivity index (χ3v) is 6.60. The standard InChI is InChI=1S/C22H29N3OS2/c1-5-6-7-8-10-14-13-24-21-17(16(14)15-11-9-12-27-15)18(23)19(28-21)20(26)25-22(2,3)4/h9,11-13H,5-8,10,23H2,1-4H3,(H,25,26). The molecule has 0 atom stereocenters. The highest BCUT2D eigenvalue weighted by Gasteiger charge is 2.24. The highest BCUT2D eigenvalue weighted by Crippen LogP contribution is 2.42. The molecule has 3 N–H and O–H groups in total. The van der Waals surface area contributed by atoms with Gasteiger partial charge in [-0.3, -0.25) is 4.79 Å². The molecule has 0 saturated carbocycles. The molecule has 3 aromatic heterocycles. The van der Waals surface area contributed by atoms with Crippen molar-refractivity contribution >= 4 is 44.5 Å². The van der Waals surface area contributed by atoms with Crippen molar-refractivity contribution in [3.63, 3.8) is 0 Å². The monoisotopic (exact) mass is 415 g/mol. The number of pyridine rings is 1. The minimum Gasteiger partial charge on any atom is -0.397 e. The minimum atomic E-state index is -0.311. The van der Waals surface area contributed by atoms with E-state index in [9.17, 15) is 4.79 Å². The molecule has 28 heavy (non-hydrogen) atoms. The van der Waals surface area contributed by atoms with Crippen molar-refractivity contribution in [3.8, 4) is 10.4 Å². The lowest BCUT2D eigenvalue weighted by Gasteiger charge is -2.20. The van der Waals surface area contributed by atoms with Gasteiger partial charge in [0.1, 0.15) is 9.71 Å². The molecule has 150 valence electrons. The quantitative estimate of drug-likeness (QED) is 0.448. The summed E-state index contributed by atoms with van der Waals surface area (Å²) in [5.41, 5.74) is 9.14. The summed E-state index contributed by atoms with van der Waals surface area (Å²) in [6.45, 7) is 8.13. The summed E-state index contributed by atoms with van der Waals surface area (Å²) < 4.78 is 0. The molecule has 0 spiro atoms. The summed E-state index contributed by atoms with van der Waals surface area (Å²) in [4.78, 5) is 20.0. The summed E-state index contributed by atoms with van der Waals surface area (Å²) in [6.07, 6.45) is 7.79. The fraction of sp³-hybridized carbons (Fsp3) is 0.455. The van der Waals surface area contributed by atoms with Crippen LogP contribution in [0.2, 0.25) is 0 Å². The molecule has 3 aromatic rings. The Morgan fingerprint density at radius 3 is 2.68 bits per heavy atom. The summed E-state index contributed by atoms with van der Waals surface area (Å²) in [5, 5.41) is 6.03. The van der Waals surface area contributed by atoms with E-state index in [0.717, 1.165) is 28.6 Å². The molecule has 0 aromatic carbocycles. The van der Waals surface area contributed by atoms with Crippen LogP contribution in [-0.2, 0) is 6.42 Å². The lowest BCUT2D eigenvalue weighted by atomic mass is 9.98. The Morgan fingerprint density at radius 1 is 1.25 bits per heavy atom. The number of nitrogen functional groups attached to an aromatic ring is 1. The van der Waals surface area contributed by atoms with Crippen molar-refractivity contribution in [2.45, 2.75) is 65.3 Å². The first kappa shape index (κ1) is 20.8. The molecule has 0 aliphatic rings. The van der Waals surface area contributed by atoms with E-state index < -0.39 is 0 Å². The number of aryl methyl sites for hydroxylation is 1. The van der Waals surface area contributed by atoms with Gasteiger partial charge in [0.05, 0.1) is 5.69 Å². The van der Waals surface area contributed by atoms with E-state index in [-0.39, 0.29) is 11.4 Å². The smallest absolute Gasteiger partial charge is 0.263 e. The average Bonchev–Trinajstić information content (AvgIpc) is 3.26. The van der Waals surface area contributed by atoms with Crippen molar-refractivity contribution < 1.29 is 4.79 Å². The maximum atomic E-state index is 12.8. The highest BCUT2D eigenvalue weighted by atomic mass is 32.1. The van der Waals surface area contributed by atoms with Crippen LogP contribution in [0, 0.1) is 0 Å². The number of aromatic nitrogens is 1. The van der Waals surface area contributed by atoms with Crippen LogP contribution in [0.3, 0.4) is 0 Å². The van der Waals surface area contributed by atoms with Crippen LogP contribution in [0.25, 0.3) is 20.7 Å². The molecule has 1 amide bonds. The van der Waals surface area contributed by atoms with Gasteiger partial charge in [0.15, 0.2) is 0 Å². The van der Waals surface area contributed by atoms with Crippen LogP contribution in [0.15, 0.2) is 23.7 Å². The molecule has 6 heteroatoms. The minimum absolute atomic E-state index is 0.130. The number of nitrogens with one attached hydrogen (secondary N) is 1. The number of hydrogen-bond acceptors (Lipinski definition) is 5. The number of carbonyl (C=O) groups is 1. The van der Waals surface area contributed by atoms with Gasteiger partial charge in [-0.15, -0.1) is 22.7 Å². The van der Waals surface area contributed by atoms with E-state index in [0.29, 0.717) is 10.6 Å². The summed E-state index contributed by atoms with van der Waals surface area (Å²) in [5.74, 6) is -0.130. The number of nitrogens with zero attached hydrogens (tertiary/aromatic N) is 1. The van der Waals surface area contributed by atoms with Crippen molar-refractivity contribution in [3.05, 3.63) is 34.2 Å². The first-order valence-electron chi connectivity index (χ1n) is 9.88. The maximum Gasteiger partial charge on any atom is 0.263 e. The number of rotatable bonds is 7. The summed E-state index contributed by atoms with van der Waals surface area (Å²) in [7, 11) is 0. The molecule has 3 heterocycles. The number of amides is 1. The van der Waals surface area contributed by atoms with Gasteiger partial charge in [-0.05, 0) is 50.6 Å². The van der Waals surface area contributed by atoms with Gasteiger partial charge in [-0.1, -0.05) is 32.3 Å². The molecule has 3 rings (SSSR count). The predicted molar refractivity (Wildman–Crippen MR) is 122 cm³/mol. The Labute approximate surface area is 175 Å². The number of nitrogens with two attached hydrogens (primary N) is 1. The van der Waals surface area contributed by atoms with Gasteiger partial charge in [0.25, 0.3) is 5.91 Å². The average molecular weight is 416 g/mol. The molecule has 0 saturated heterocycles. The Kier molecular flexibility index (Phi) is 6.40. The topological polar surface area (TPSA) is 68.0 Å². The van der Waals surface area contributed by atoms with Gasteiger partial charge in [0.2, 0.25) is 0 Å². The first-order chi connectivity index (χ1) is 13.3. The molecule has 0 fully saturated rings. The van der Waals surface area contributed by atoms with Crippen LogP contribution >= 0.6 is 22.7 Å². The van der Waals surface area contributed by atoms with Crippen molar-refractivity contribution in [2.24, 2.45) is 0 Å². The van der Waals surface area contributed by atoms with E-state index in [1.807, 2.05) is 27.0 Å². The number of fused-ring (bicyclic) bond motifs is 1. The Balaban J connectivity index is 2.07. The largest absolute Gasteiger partial charge is 0.397 e. The van der Waals surface area contributed by atoms with Gasteiger partial charge in [-0.25, -0.2) is 4.98 Å². The van der Waals surface area contributed by atoms with Crippen LogP contribution in [0.4, 0.5) is 5.69 Å². The highest BCUT2D eigenvalue weighted by molar-refractivity contribution is 7.21. The lowest BCUT2D eigenvalue weighted by Crippen LogP contribution is -2.40. The molecular formula is C22H29N3OS2. The molecule has 0 unspecified atom stereocenters. The van der Waals surface area contributed by atoms with Crippen molar-refractivity contribution in [2.75, 3.05) is 5.73 Å². The maximum absolute atomic E-state index is 12.8. The SMILES string of the molecule is CCCCCCc1cnc2sc(C(=O)NC(C)(C)C)c(N)c2c1-c1cccs1. The Bertz CT molecular complexity index is 952. The Hall–Kier alpha value is -1.92. The molecule has 0 aliphatic heterocycles. The number of unbranched alkanes of at least 4 members (excludes halogenated alkanes) is 3. The van der Waals surface area contributed by atoms with Crippen LogP contribution in [0.5, 0.6) is 0 Å². The number of thiophene rings is 2. The predicted octanol–water partition coefficient (Wildman–Crippen LogP) is 6.26. The van der Waals surface area contributed by atoms with E-state index >= 15 is 0 Å². The third-order valence-electron chi connectivity index (χ3n) is 4.60. The van der Waals surface area contributed by atoms with Gasteiger partial charge >= 0.3 is 0 Å². The summed E-state index contributed by atoms with van der Waals surface area (Å²) in [6, 6.07) is 4.18. The van der Waals surface area contributed by atoms with E-state index in [1.54, 1.807) is 11.3 Å². The second-order valence-electron chi connectivity index (χ2n) is 8.18. The molecule has 0 radical (unpaired) electrons. The number of anilines is 1. The molecule has 0 bridgehead atoms. The van der Waals surface area contributed by atoms with Crippen LogP contribution in [0.1, 0.15) is 68.6 Å². The van der Waals surface area contributed by atoms with E-state index in [4.69, 9.17) is 5.73 Å². The van der Waals surface area contributed by atoms with Gasteiger partial charge < -0.3 is 11.1 Å². The van der Waals surface area contributed by atoms with Crippen LogP contribution < -0.4 is 11.1 Å². The zero-order valence-corrected chi connectivity index (χ0v) is 18.7. The first-order valence-corrected chi connectivity index (χ1v) is 11.6. The zero-order chi connectivity index (χ0) is 20.3. The summed E-state index contributed by atoms with van der Waals surface area (Å²) >= 11 is 3.09. The second kappa shape index (κ2) is 8.62. The molecule has 4 nitrogen and oxygen atoms in total. The number of carbonyl (C=O) groups excluding carboxylic acids is 1. The zero-order valence-electron chi connectivity index (χ0n) is 17.1. The van der Waals surface area contributed by atoms with Gasteiger partial charge in [-0.2, -0.15) is 0 Å². The normalized spacial score (nSPS) is 11.9. The fourth-order valence-corrected chi connectivity index (χ4v) is 5.11. The van der Waals surface area contributed by atoms with Crippen LogP contribution in [-0.4, -0.2) is 16.4 Å². The van der Waals surface area contributed by atoms with E-state index in [1.165, 1.54) is 41.0 Å². The third kappa shape index (κ3) is 4.55. The van der Waals surface area contributed by atoms with Crippen molar-refractivity contribution in [1.82, 2.24) is 10.3 Å². The van der Waals surface area contributed by atoms with Gasteiger partial charge in [0, 0.05) is 27.6 Å². The lowest BCUT2D eigenvalue weighted by molar-refractivity contribution is 0.0924. The molecular weight excluding hydrogens is 386 g/mol. The fourth-order valence-electron chi connectivity index (χ4n) is 3.33. The molecule has 0 aliphatic carbocycles. The second-order valence-corrected chi connectivity index (χ2v) is 10.1. The van der Waals surface area contributed by atoms with Crippen molar-refractivity contribution in [1.29, 1.82) is 0 Å². The number of hydrogen-bond donors (Lipinski definition) is 2.